The maximum atomic E-state index is 15.1. The molecule has 11 nitrogen and oxygen atoms in total. The third-order valence-corrected chi connectivity index (χ3v) is 14.6. The van der Waals surface area contributed by atoms with E-state index in [0.717, 1.165) is 41.5 Å². The van der Waals surface area contributed by atoms with Gasteiger partial charge in [0.2, 0.25) is 11.8 Å². The number of phenols is 1. The van der Waals surface area contributed by atoms with Crippen LogP contribution >= 0.6 is 46.1 Å². The number of amides is 4. The second kappa shape index (κ2) is 13.5. The predicted octanol–water partition coefficient (Wildman–Crippen LogP) is 8.97. The van der Waals surface area contributed by atoms with Crippen molar-refractivity contribution in [1.29, 1.82) is 0 Å². The van der Waals surface area contributed by atoms with Gasteiger partial charge in [0.15, 0.2) is 5.82 Å². The molecule has 2 saturated heterocycles. The summed E-state index contributed by atoms with van der Waals surface area (Å²) in [5.74, 6) is -7.44. The van der Waals surface area contributed by atoms with Crippen LogP contribution in [0.25, 0.3) is 20.7 Å². The van der Waals surface area contributed by atoms with Crippen LogP contribution in [0.5, 0.6) is 5.75 Å². The van der Waals surface area contributed by atoms with Gasteiger partial charge >= 0.3 is 6.18 Å². The Balaban J connectivity index is 1.13. The first-order chi connectivity index (χ1) is 27.8. The van der Waals surface area contributed by atoms with E-state index in [1.54, 1.807) is 32.2 Å². The van der Waals surface area contributed by atoms with Crippen LogP contribution in [0.1, 0.15) is 42.5 Å². The van der Waals surface area contributed by atoms with E-state index < -0.39 is 76.3 Å². The zero-order valence-electron chi connectivity index (χ0n) is 31.5. The van der Waals surface area contributed by atoms with Gasteiger partial charge in [0, 0.05) is 40.8 Å². The van der Waals surface area contributed by atoms with Gasteiger partial charge in [-0.3, -0.25) is 28.9 Å². The highest BCUT2D eigenvalue weighted by Gasteiger charge is 2.68. The number of carbonyl (C=O) groups excluding carboxylic acids is 4. The molecule has 5 heterocycles. The summed E-state index contributed by atoms with van der Waals surface area (Å²) in [4.78, 5) is 64.4. The number of hydrogen-bond acceptors (Lipinski definition) is 9. The molecule has 3 fully saturated rings. The number of alkyl halides is 3. The fourth-order valence-electron chi connectivity index (χ4n) is 9.73. The highest BCUT2D eigenvalue weighted by atomic mass is 35.5. The van der Waals surface area contributed by atoms with Crippen molar-refractivity contribution in [2.75, 3.05) is 17.0 Å². The second-order valence-corrected chi connectivity index (χ2v) is 17.9. The fraction of sp³-hybridized carbons (Fsp3) is 0.317. The second-order valence-electron chi connectivity index (χ2n) is 15.6. The summed E-state index contributed by atoms with van der Waals surface area (Å²) < 4.78 is 43.5. The lowest BCUT2D eigenvalue weighted by Gasteiger charge is -2.49. The number of pyridine rings is 1. The Morgan fingerprint density at radius 3 is 2.41 bits per heavy atom. The Kier molecular flexibility index (Phi) is 9.06. The maximum absolute atomic E-state index is 15.1. The zero-order chi connectivity index (χ0) is 42.2. The summed E-state index contributed by atoms with van der Waals surface area (Å²) in [6.07, 6.45) is -2.96. The number of thiophene rings is 1. The average Bonchev–Trinajstić information content (AvgIpc) is 3.84. The Morgan fingerprint density at radius 2 is 1.69 bits per heavy atom. The van der Waals surface area contributed by atoms with Gasteiger partial charge in [0.05, 0.1) is 33.1 Å². The molecule has 2 aromatic carbocycles. The number of aromatic nitrogens is 3. The molecule has 1 N–H and O–H groups in total. The first kappa shape index (κ1) is 39.5. The van der Waals surface area contributed by atoms with Crippen molar-refractivity contribution in [2.45, 2.75) is 38.8 Å². The van der Waals surface area contributed by atoms with Crippen LogP contribution in [0, 0.1) is 36.0 Å². The number of benzene rings is 2. The number of hydrogen-bond donors (Lipinski definition) is 1. The summed E-state index contributed by atoms with van der Waals surface area (Å²) in [6, 6.07) is 13.3. The van der Waals surface area contributed by atoms with E-state index in [2.05, 4.69) is 4.98 Å². The van der Waals surface area contributed by atoms with Crippen LogP contribution in [0.15, 0.2) is 66.2 Å². The van der Waals surface area contributed by atoms with E-state index in [0.29, 0.717) is 27.9 Å². The van der Waals surface area contributed by atoms with E-state index in [1.807, 2.05) is 25.1 Å². The normalized spacial score (nSPS) is 25.5. The molecule has 3 aromatic heterocycles. The van der Waals surface area contributed by atoms with Crippen molar-refractivity contribution in [3.05, 3.63) is 98.1 Å². The summed E-state index contributed by atoms with van der Waals surface area (Å²) in [5, 5.41) is 18.2. The quantitative estimate of drug-likeness (QED) is 0.137. The molecule has 9 rings (SSSR count). The number of fused-ring (bicyclic) bond motifs is 5. The minimum atomic E-state index is -4.83. The lowest BCUT2D eigenvalue weighted by molar-refractivity contribution is -0.141. The van der Waals surface area contributed by atoms with Gasteiger partial charge < -0.3 is 5.11 Å². The lowest BCUT2D eigenvalue weighted by Crippen LogP contribution is -2.49. The zero-order valence-corrected chi connectivity index (χ0v) is 34.6. The molecule has 1 saturated carbocycles. The molecule has 4 amide bonds. The molecule has 6 atom stereocenters. The van der Waals surface area contributed by atoms with Crippen LogP contribution in [0.2, 0.25) is 15.1 Å². The van der Waals surface area contributed by atoms with Crippen LogP contribution in [0.4, 0.5) is 24.8 Å². The van der Waals surface area contributed by atoms with E-state index in [9.17, 15) is 32.7 Å². The number of imide groups is 2. The molecular weight excluding hydrogens is 852 g/mol. The number of aryl methyl sites for hydroxylation is 2. The van der Waals surface area contributed by atoms with Crippen LogP contribution in [-0.4, -0.2) is 55.6 Å². The largest absolute Gasteiger partial charge is 0.508 e. The summed E-state index contributed by atoms with van der Waals surface area (Å²) >= 11 is 20.9. The molecular formula is C41H32Cl3F3N6O5S. The molecule has 2 aliphatic carbocycles. The van der Waals surface area contributed by atoms with Crippen molar-refractivity contribution < 1.29 is 37.5 Å². The number of allylic oxidation sites excluding steroid dienone is 2. The molecule has 0 unspecified atom stereocenters. The highest BCUT2D eigenvalue weighted by molar-refractivity contribution is 7.22. The smallest absolute Gasteiger partial charge is 0.433 e. The first-order valence-electron chi connectivity index (χ1n) is 18.5. The van der Waals surface area contributed by atoms with Gasteiger partial charge in [-0.2, -0.15) is 23.3 Å². The summed E-state index contributed by atoms with van der Waals surface area (Å²) in [7, 11) is 2.88. The van der Waals surface area contributed by atoms with E-state index in [1.165, 1.54) is 35.2 Å². The molecule has 18 heteroatoms. The number of hydrazine groups is 1. The minimum Gasteiger partial charge on any atom is -0.508 e. The third kappa shape index (κ3) is 5.75. The number of halogens is 6. The molecule has 0 bridgehead atoms. The lowest BCUT2D eigenvalue weighted by atomic mass is 9.51. The Hall–Kier alpha value is -4.96. The Bertz CT molecular complexity index is 2740. The van der Waals surface area contributed by atoms with Gasteiger partial charge in [0.1, 0.15) is 23.0 Å². The highest BCUT2D eigenvalue weighted by Crippen LogP contribution is 2.64. The van der Waals surface area contributed by atoms with Crippen molar-refractivity contribution in [1.82, 2.24) is 19.8 Å². The third-order valence-electron chi connectivity index (χ3n) is 12.5. The van der Waals surface area contributed by atoms with E-state index in [4.69, 9.17) is 39.9 Å². The van der Waals surface area contributed by atoms with Crippen molar-refractivity contribution in [2.24, 2.45) is 36.1 Å². The van der Waals surface area contributed by atoms with Gasteiger partial charge in [-0.25, -0.2) is 9.88 Å². The molecule has 2 aliphatic heterocycles. The number of aromatic hydroxyl groups is 1. The Morgan fingerprint density at radius 1 is 0.949 bits per heavy atom. The monoisotopic (exact) mass is 882 g/mol. The number of nitrogens with zero attached hydrogens (tertiary/aromatic N) is 6. The van der Waals surface area contributed by atoms with Crippen molar-refractivity contribution in [3.8, 4) is 16.3 Å². The van der Waals surface area contributed by atoms with Gasteiger partial charge in [-0.15, -0.1) is 11.3 Å². The number of rotatable bonds is 5. The number of carbonyl (C=O) groups is 4. The number of phenolic OH excluding ortho intramolecular Hbond substituents is 1. The minimum absolute atomic E-state index is 0.00317. The van der Waals surface area contributed by atoms with Crippen LogP contribution in [-0.2, 0) is 32.4 Å². The molecule has 4 aliphatic rings. The predicted molar refractivity (Wildman–Crippen MR) is 216 cm³/mol. The first-order valence-corrected chi connectivity index (χ1v) is 20.4. The summed E-state index contributed by atoms with van der Waals surface area (Å²) in [6.45, 7) is 3.66. The molecule has 59 heavy (non-hydrogen) atoms. The average molecular weight is 884 g/mol. The van der Waals surface area contributed by atoms with Gasteiger partial charge in [-0.1, -0.05) is 52.5 Å². The molecule has 304 valence electrons. The van der Waals surface area contributed by atoms with Gasteiger partial charge in [-0.05, 0) is 91.6 Å². The Labute approximate surface area is 353 Å². The molecule has 5 aromatic rings. The van der Waals surface area contributed by atoms with Crippen molar-refractivity contribution in [3.63, 3.8) is 0 Å². The number of anilines is 2. The molecule has 0 spiro atoms. The van der Waals surface area contributed by atoms with Crippen LogP contribution in [0.3, 0.4) is 0 Å². The standard InChI is InChI=1S/C41H32Cl3F3N6O5S/c1-17-23-13-18(42)5-11-29(23)59-34(17)28-16-31(50(3)49-28)52-37(56)25-15-24-20(33(40(25,2)39(52)58)21-7-6-19(54)14-27(21)44)8-9-22-32(24)38(57)53(36(22)55)51(4)35-26(43)10-12-30(48-35)41(45,46)47/h5-8,10-14,16,22,24-25,32-33,54H,9,15H2,1-4H3/t22-,24+,25-,32-,33+,40+/m0/s1. The van der Waals surface area contributed by atoms with Crippen molar-refractivity contribution >= 4 is 91.5 Å². The summed E-state index contributed by atoms with van der Waals surface area (Å²) in [5.41, 5.74) is -0.185. The topological polar surface area (TPSA) is 129 Å². The maximum Gasteiger partial charge on any atom is 0.433 e. The van der Waals surface area contributed by atoms with E-state index in [-0.39, 0.29) is 34.5 Å². The fourth-order valence-corrected chi connectivity index (χ4v) is 11.6. The van der Waals surface area contributed by atoms with E-state index >= 15 is 4.79 Å². The van der Waals surface area contributed by atoms with Crippen LogP contribution < -0.4 is 9.91 Å². The SMILES string of the molecule is Cc1c(-c2cc(N3C(=O)[C@@H]4C[C@@H]5C(=CC[C@@H]6C(=O)N(N(C)c7nc(C(F)(F)F)ccc7Cl)C(=O)[C@@H]65)[C@H](c5ccc(O)cc5Cl)[C@]4(C)C3=O)n(C)n2)sc2ccc(Cl)cc12. The van der Waals surface area contributed by atoms with Gasteiger partial charge in [0.25, 0.3) is 11.8 Å². The molecule has 0 radical (unpaired) electrons.